The van der Waals surface area contributed by atoms with Gasteiger partial charge >= 0.3 is 0 Å². The average Bonchev–Trinajstić information content (AvgIpc) is 2.17. The molecule has 1 aromatic rings. The van der Waals surface area contributed by atoms with Crippen LogP contribution in [0.2, 0.25) is 0 Å². The second kappa shape index (κ2) is 4.78. The van der Waals surface area contributed by atoms with Crippen molar-refractivity contribution >= 4 is 11.6 Å². The van der Waals surface area contributed by atoms with Crippen LogP contribution in [0.25, 0.3) is 0 Å². The van der Waals surface area contributed by atoms with E-state index in [-0.39, 0.29) is 5.91 Å². The molecule has 0 radical (unpaired) electrons. The Morgan fingerprint density at radius 2 is 2.13 bits per heavy atom. The third-order valence-electron chi connectivity index (χ3n) is 2.34. The molecule has 0 saturated heterocycles. The van der Waals surface area contributed by atoms with Crippen LogP contribution in [0.15, 0.2) is 30.9 Å². The molecule has 80 valence electrons. The van der Waals surface area contributed by atoms with Crippen LogP contribution in [-0.4, -0.2) is 5.91 Å². The topological polar surface area (TPSA) is 29.1 Å². The van der Waals surface area contributed by atoms with Crippen molar-refractivity contribution in [3.8, 4) is 0 Å². The predicted molar refractivity (Wildman–Crippen MR) is 64.1 cm³/mol. The predicted octanol–water partition coefficient (Wildman–Crippen LogP) is 3.24. The Labute approximate surface area is 91.0 Å². The van der Waals surface area contributed by atoms with Crippen LogP contribution in [-0.2, 0) is 4.79 Å². The Balaban J connectivity index is 3.11. The van der Waals surface area contributed by atoms with E-state index in [2.05, 4.69) is 38.7 Å². The monoisotopic (exact) mass is 203 g/mol. The largest absolute Gasteiger partial charge is 0.322 e. The molecule has 0 atom stereocenters. The standard InChI is InChI=1S/C13H17NO/c1-5-12(15)14-11-8-6-7-10(4)13(11)9(2)3/h5-9H,1H2,2-4H3,(H,14,15). The first-order valence-corrected chi connectivity index (χ1v) is 5.09. The molecule has 15 heavy (non-hydrogen) atoms. The maximum absolute atomic E-state index is 11.2. The first-order chi connectivity index (χ1) is 7.06. The molecule has 1 amide bonds. The van der Waals surface area contributed by atoms with E-state index in [1.807, 2.05) is 12.1 Å². The smallest absolute Gasteiger partial charge is 0.247 e. The molecule has 0 heterocycles. The second-order valence-corrected chi connectivity index (χ2v) is 3.88. The minimum absolute atomic E-state index is 0.164. The Hall–Kier alpha value is -1.57. The first kappa shape index (κ1) is 11.5. The summed E-state index contributed by atoms with van der Waals surface area (Å²) < 4.78 is 0. The SMILES string of the molecule is C=CC(=O)Nc1cccc(C)c1C(C)C. The fourth-order valence-corrected chi connectivity index (χ4v) is 1.74. The van der Waals surface area contributed by atoms with E-state index in [0.29, 0.717) is 5.92 Å². The van der Waals surface area contributed by atoms with Crippen molar-refractivity contribution in [1.29, 1.82) is 0 Å². The molecule has 0 unspecified atom stereocenters. The van der Waals surface area contributed by atoms with Gasteiger partial charge < -0.3 is 5.32 Å². The number of amides is 1. The van der Waals surface area contributed by atoms with Crippen molar-refractivity contribution < 1.29 is 4.79 Å². The van der Waals surface area contributed by atoms with E-state index < -0.39 is 0 Å². The highest BCUT2D eigenvalue weighted by atomic mass is 16.1. The van der Waals surface area contributed by atoms with Crippen LogP contribution < -0.4 is 5.32 Å². The summed E-state index contributed by atoms with van der Waals surface area (Å²) >= 11 is 0. The number of carbonyl (C=O) groups excluding carboxylic acids is 1. The molecule has 1 N–H and O–H groups in total. The minimum atomic E-state index is -0.164. The number of carbonyl (C=O) groups is 1. The van der Waals surface area contributed by atoms with Crippen LogP contribution in [0.5, 0.6) is 0 Å². The van der Waals surface area contributed by atoms with Gasteiger partial charge in [-0.15, -0.1) is 0 Å². The van der Waals surface area contributed by atoms with Crippen molar-refractivity contribution in [2.75, 3.05) is 5.32 Å². The molecule has 1 rings (SSSR count). The quantitative estimate of drug-likeness (QED) is 0.751. The number of rotatable bonds is 3. The molecule has 1 aromatic carbocycles. The van der Waals surface area contributed by atoms with Gasteiger partial charge in [0.05, 0.1) is 0 Å². The van der Waals surface area contributed by atoms with E-state index in [9.17, 15) is 4.79 Å². The number of aryl methyl sites for hydroxylation is 1. The highest BCUT2D eigenvalue weighted by molar-refractivity contribution is 5.99. The van der Waals surface area contributed by atoms with E-state index >= 15 is 0 Å². The lowest BCUT2D eigenvalue weighted by Gasteiger charge is -2.15. The van der Waals surface area contributed by atoms with Gasteiger partial charge in [0.1, 0.15) is 0 Å². The van der Waals surface area contributed by atoms with Gasteiger partial charge in [0.25, 0.3) is 0 Å². The maximum atomic E-state index is 11.2. The summed E-state index contributed by atoms with van der Waals surface area (Å²) in [5.41, 5.74) is 3.27. The van der Waals surface area contributed by atoms with Crippen molar-refractivity contribution in [2.24, 2.45) is 0 Å². The molecule has 2 heteroatoms. The molecule has 0 spiro atoms. The third kappa shape index (κ3) is 2.69. The van der Waals surface area contributed by atoms with Crippen LogP contribution in [0.4, 0.5) is 5.69 Å². The van der Waals surface area contributed by atoms with Crippen LogP contribution in [0, 0.1) is 6.92 Å². The molecule has 2 nitrogen and oxygen atoms in total. The number of benzene rings is 1. The van der Waals surface area contributed by atoms with Crippen molar-refractivity contribution in [1.82, 2.24) is 0 Å². The zero-order chi connectivity index (χ0) is 11.4. The summed E-state index contributed by atoms with van der Waals surface area (Å²) in [5, 5.41) is 2.83. The third-order valence-corrected chi connectivity index (χ3v) is 2.34. The van der Waals surface area contributed by atoms with Gasteiger partial charge in [0.2, 0.25) is 5.91 Å². The van der Waals surface area contributed by atoms with Crippen molar-refractivity contribution in [2.45, 2.75) is 26.7 Å². The second-order valence-electron chi connectivity index (χ2n) is 3.88. The highest BCUT2D eigenvalue weighted by Crippen LogP contribution is 2.27. The summed E-state index contributed by atoms with van der Waals surface area (Å²) in [4.78, 5) is 11.2. The molecule has 0 aliphatic heterocycles. The van der Waals surface area contributed by atoms with E-state index in [4.69, 9.17) is 0 Å². The summed E-state index contributed by atoms with van der Waals surface area (Å²) in [6, 6.07) is 5.92. The molecular weight excluding hydrogens is 186 g/mol. The molecule has 0 aliphatic carbocycles. The normalized spacial score (nSPS) is 10.1. The van der Waals surface area contributed by atoms with E-state index in [1.54, 1.807) is 0 Å². The Kier molecular flexibility index (Phi) is 3.67. The number of nitrogens with one attached hydrogen (secondary N) is 1. The fourth-order valence-electron chi connectivity index (χ4n) is 1.74. The van der Waals surface area contributed by atoms with Gasteiger partial charge in [0.15, 0.2) is 0 Å². The lowest BCUT2D eigenvalue weighted by molar-refractivity contribution is -0.111. The Morgan fingerprint density at radius 1 is 1.47 bits per heavy atom. The lowest BCUT2D eigenvalue weighted by Crippen LogP contribution is -2.10. The van der Waals surface area contributed by atoms with Crippen molar-refractivity contribution in [3.63, 3.8) is 0 Å². The molecule has 0 aliphatic rings. The van der Waals surface area contributed by atoms with Crippen LogP contribution in [0.3, 0.4) is 0 Å². The highest BCUT2D eigenvalue weighted by Gasteiger charge is 2.10. The number of hydrogen-bond acceptors (Lipinski definition) is 1. The summed E-state index contributed by atoms with van der Waals surface area (Å²) in [7, 11) is 0. The Morgan fingerprint density at radius 3 is 2.67 bits per heavy atom. The summed E-state index contributed by atoms with van der Waals surface area (Å²) in [6.45, 7) is 9.73. The van der Waals surface area contributed by atoms with Gasteiger partial charge in [0, 0.05) is 5.69 Å². The van der Waals surface area contributed by atoms with Gasteiger partial charge in [-0.3, -0.25) is 4.79 Å². The van der Waals surface area contributed by atoms with Crippen molar-refractivity contribution in [3.05, 3.63) is 42.0 Å². The number of hydrogen-bond donors (Lipinski definition) is 1. The molecule has 0 bridgehead atoms. The lowest BCUT2D eigenvalue weighted by atomic mass is 9.96. The van der Waals surface area contributed by atoms with Crippen LogP contribution in [0.1, 0.15) is 30.9 Å². The molecular formula is C13H17NO. The summed E-state index contributed by atoms with van der Waals surface area (Å²) in [5.74, 6) is 0.230. The minimum Gasteiger partial charge on any atom is -0.322 e. The van der Waals surface area contributed by atoms with E-state index in [0.717, 1.165) is 5.69 Å². The van der Waals surface area contributed by atoms with Gasteiger partial charge in [-0.2, -0.15) is 0 Å². The van der Waals surface area contributed by atoms with Gasteiger partial charge in [-0.25, -0.2) is 0 Å². The first-order valence-electron chi connectivity index (χ1n) is 5.09. The Bertz CT molecular complexity index is 380. The maximum Gasteiger partial charge on any atom is 0.247 e. The number of anilines is 1. The van der Waals surface area contributed by atoms with Gasteiger partial charge in [-0.1, -0.05) is 32.6 Å². The fraction of sp³-hybridized carbons (Fsp3) is 0.308. The molecule has 0 fully saturated rings. The summed E-state index contributed by atoms with van der Waals surface area (Å²) in [6.07, 6.45) is 1.28. The zero-order valence-corrected chi connectivity index (χ0v) is 9.50. The van der Waals surface area contributed by atoms with Gasteiger partial charge in [-0.05, 0) is 36.1 Å². The van der Waals surface area contributed by atoms with Crippen LogP contribution >= 0.6 is 0 Å². The molecule has 0 saturated carbocycles. The molecule has 0 aromatic heterocycles. The van der Waals surface area contributed by atoms with E-state index in [1.165, 1.54) is 17.2 Å². The zero-order valence-electron chi connectivity index (χ0n) is 9.50. The average molecular weight is 203 g/mol.